The van der Waals surface area contributed by atoms with E-state index in [4.69, 9.17) is 0 Å². The molecule has 0 atom stereocenters. The molecular weight excluding hydrogens is 408 g/mol. The molecule has 34 heavy (non-hydrogen) atoms. The van der Waals surface area contributed by atoms with Crippen LogP contribution in [-0.4, -0.2) is 0 Å². The lowest BCUT2D eigenvalue weighted by Gasteiger charge is -2.21. The van der Waals surface area contributed by atoms with E-state index in [9.17, 15) is 0 Å². The molecule has 0 saturated carbocycles. The zero-order valence-electron chi connectivity index (χ0n) is 18.7. The van der Waals surface area contributed by atoms with Gasteiger partial charge in [0.1, 0.15) is 0 Å². The second-order valence-electron chi connectivity index (χ2n) is 8.87. The maximum Gasteiger partial charge on any atom is -0.000764 e. The monoisotopic (exact) mass is 430 g/mol. The summed E-state index contributed by atoms with van der Waals surface area (Å²) in [6, 6.07) is 48.4. The average molecular weight is 431 g/mol. The van der Waals surface area contributed by atoms with Crippen molar-refractivity contribution in [2.24, 2.45) is 0 Å². The highest BCUT2D eigenvalue weighted by Crippen LogP contribution is 2.49. The van der Waals surface area contributed by atoms with Crippen LogP contribution in [0.15, 0.2) is 133 Å². The Bertz CT molecular complexity index is 1690. The molecule has 7 aromatic carbocycles. The van der Waals surface area contributed by atoms with Gasteiger partial charge in [-0.25, -0.2) is 0 Å². The predicted molar refractivity (Wildman–Crippen MR) is 147 cm³/mol. The minimum Gasteiger partial charge on any atom is -0.0622 e. The third kappa shape index (κ3) is 2.72. The van der Waals surface area contributed by atoms with Gasteiger partial charge in [-0.2, -0.15) is 0 Å². The molecule has 0 amide bonds. The highest BCUT2D eigenvalue weighted by atomic mass is 14.2. The summed E-state index contributed by atoms with van der Waals surface area (Å²) >= 11 is 0. The molecule has 0 unspecified atom stereocenters. The van der Waals surface area contributed by atoms with Crippen LogP contribution in [0.2, 0.25) is 0 Å². The van der Waals surface area contributed by atoms with Gasteiger partial charge in [0.2, 0.25) is 0 Å². The van der Waals surface area contributed by atoms with Gasteiger partial charge in [0, 0.05) is 0 Å². The van der Waals surface area contributed by atoms with Gasteiger partial charge in [-0.05, 0) is 65.3 Å². The van der Waals surface area contributed by atoms with E-state index in [2.05, 4.69) is 133 Å². The molecule has 0 aliphatic carbocycles. The summed E-state index contributed by atoms with van der Waals surface area (Å²) in [5, 5.41) is 10.5. The molecule has 0 radical (unpaired) electrons. The van der Waals surface area contributed by atoms with Gasteiger partial charge in [0.25, 0.3) is 0 Å². The van der Waals surface area contributed by atoms with Gasteiger partial charge >= 0.3 is 0 Å². The second kappa shape index (κ2) is 7.57. The first-order chi connectivity index (χ1) is 16.9. The van der Waals surface area contributed by atoms with Crippen molar-refractivity contribution in [1.82, 2.24) is 0 Å². The van der Waals surface area contributed by atoms with Crippen molar-refractivity contribution in [3.63, 3.8) is 0 Å². The summed E-state index contributed by atoms with van der Waals surface area (Å²) in [5.41, 5.74) is 5.13. The van der Waals surface area contributed by atoms with Crippen molar-refractivity contribution in [2.75, 3.05) is 0 Å². The SMILES string of the molecule is c1ccc(-c2c3ccccc3c(-c3ccccc3)c3c4ccccc4c4ccccc4c23)cc1. The molecule has 0 spiro atoms. The second-order valence-corrected chi connectivity index (χ2v) is 8.87. The molecule has 0 heteroatoms. The quantitative estimate of drug-likeness (QED) is 0.189. The number of hydrogen-bond acceptors (Lipinski definition) is 0. The summed E-state index contributed by atoms with van der Waals surface area (Å²) in [7, 11) is 0. The van der Waals surface area contributed by atoms with Crippen LogP contribution in [0, 0.1) is 0 Å². The number of fused-ring (bicyclic) bond motifs is 7. The first kappa shape index (κ1) is 19.1. The Morgan fingerprint density at radius 2 is 0.529 bits per heavy atom. The van der Waals surface area contributed by atoms with Gasteiger partial charge in [-0.1, -0.05) is 133 Å². The van der Waals surface area contributed by atoms with Crippen molar-refractivity contribution in [3.05, 3.63) is 133 Å². The standard InChI is InChI=1S/C34H22/c1-3-13-23(14-4-1)31-29-21-11-12-22-30(29)32(24-15-5-2-6-16-24)34-28-20-10-8-18-26(28)25-17-7-9-19-27(25)33(31)34/h1-22H. The summed E-state index contributed by atoms with van der Waals surface area (Å²) < 4.78 is 0. The highest BCUT2D eigenvalue weighted by molar-refractivity contribution is 6.36. The van der Waals surface area contributed by atoms with Crippen LogP contribution >= 0.6 is 0 Å². The van der Waals surface area contributed by atoms with E-state index < -0.39 is 0 Å². The van der Waals surface area contributed by atoms with Gasteiger partial charge in [-0.3, -0.25) is 0 Å². The fourth-order valence-corrected chi connectivity index (χ4v) is 5.66. The zero-order chi connectivity index (χ0) is 22.5. The molecule has 7 aromatic rings. The smallest absolute Gasteiger partial charge is 0.000764 e. The summed E-state index contributed by atoms with van der Waals surface area (Å²) in [6.07, 6.45) is 0. The van der Waals surface area contributed by atoms with Crippen LogP contribution in [-0.2, 0) is 0 Å². The molecule has 0 saturated heterocycles. The third-order valence-electron chi connectivity index (χ3n) is 7.02. The van der Waals surface area contributed by atoms with Crippen molar-refractivity contribution < 1.29 is 0 Å². The van der Waals surface area contributed by atoms with Crippen molar-refractivity contribution >= 4 is 43.1 Å². The Morgan fingerprint density at radius 1 is 0.235 bits per heavy atom. The normalized spacial score (nSPS) is 11.5. The maximum absolute atomic E-state index is 2.29. The lowest BCUT2D eigenvalue weighted by Crippen LogP contribution is -1.93. The Labute approximate surface area is 198 Å². The van der Waals surface area contributed by atoms with Crippen LogP contribution in [0.5, 0.6) is 0 Å². The van der Waals surface area contributed by atoms with E-state index in [-0.39, 0.29) is 0 Å². The van der Waals surface area contributed by atoms with Gasteiger partial charge in [0.05, 0.1) is 0 Å². The molecule has 0 bridgehead atoms. The minimum absolute atomic E-state index is 1.25. The van der Waals surface area contributed by atoms with Crippen molar-refractivity contribution in [1.29, 1.82) is 0 Å². The Kier molecular flexibility index (Phi) is 4.25. The fraction of sp³-hybridized carbons (Fsp3) is 0. The topological polar surface area (TPSA) is 0 Å². The molecule has 0 aliphatic heterocycles. The number of hydrogen-bond donors (Lipinski definition) is 0. The number of rotatable bonds is 2. The molecule has 0 aliphatic rings. The van der Waals surface area contributed by atoms with E-state index in [1.807, 2.05) is 0 Å². The first-order valence-corrected chi connectivity index (χ1v) is 11.8. The highest BCUT2D eigenvalue weighted by Gasteiger charge is 2.20. The van der Waals surface area contributed by atoms with Crippen molar-refractivity contribution in [2.45, 2.75) is 0 Å². The molecule has 0 aromatic heterocycles. The summed E-state index contributed by atoms with van der Waals surface area (Å²) in [4.78, 5) is 0. The van der Waals surface area contributed by atoms with E-state index in [0.717, 1.165) is 0 Å². The molecule has 0 N–H and O–H groups in total. The lowest BCUT2D eigenvalue weighted by molar-refractivity contribution is 1.66. The molecule has 7 rings (SSSR count). The predicted octanol–water partition coefficient (Wildman–Crippen LogP) is 9.63. The largest absolute Gasteiger partial charge is 0.0622 e. The third-order valence-corrected chi connectivity index (χ3v) is 7.02. The van der Waals surface area contributed by atoms with E-state index in [1.165, 1.54) is 65.3 Å². The molecule has 0 heterocycles. The van der Waals surface area contributed by atoms with Gasteiger partial charge < -0.3 is 0 Å². The zero-order valence-corrected chi connectivity index (χ0v) is 18.7. The van der Waals surface area contributed by atoms with Crippen LogP contribution < -0.4 is 0 Å². The van der Waals surface area contributed by atoms with Crippen LogP contribution in [0.25, 0.3) is 65.3 Å². The Hall–Kier alpha value is -4.42. The van der Waals surface area contributed by atoms with E-state index >= 15 is 0 Å². The lowest BCUT2D eigenvalue weighted by atomic mass is 9.81. The summed E-state index contributed by atoms with van der Waals surface area (Å²) in [5.74, 6) is 0. The van der Waals surface area contributed by atoms with Crippen LogP contribution in [0.4, 0.5) is 0 Å². The number of benzene rings is 7. The molecule has 0 fully saturated rings. The Balaban J connectivity index is 1.89. The average Bonchev–Trinajstić information content (AvgIpc) is 2.93. The van der Waals surface area contributed by atoms with Crippen LogP contribution in [0.3, 0.4) is 0 Å². The maximum atomic E-state index is 2.29. The van der Waals surface area contributed by atoms with Crippen LogP contribution in [0.1, 0.15) is 0 Å². The fourth-order valence-electron chi connectivity index (χ4n) is 5.66. The Morgan fingerprint density at radius 3 is 0.912 bits per heavy atom. The van der Waals surface area contributed by atoms with Gasteiger partial charge in [0.15, 0.2) is 0 Å². The van der Waals surface area contributed by atoms with Gasteiger partial charge in [-0.15, -0.1) is 0 Å². The molecular formula is C34H22. The van der Waals surface area contributed by atoms with Crippen molar-refractivity contribution in [3.8, 4) is 22.3 Å². The first-order valence-electron chi connectivity index (χ1n) is 11.8. The van der Waals surface area contributed by atoms with E-state index in [1.54, 1.807) is 0 Å². The van der Waals surface area contributed by atoms with E-state index in [0.29, 0.717) is 0 Å². The minimum atomic E-state index is 1.25. The summed E-state index contributed by atoms with van der Waals surface area (Å²) in [6.45, 7) is 0. The molecule has 0 nitrogen and oxygen atoms in total. The molecule has 158 valence electrons.